The van der Waals surface area contributed by atoms with E-state index >= 15 is 0 Å². The summed E-state index contributed by atoms with van der Waals surface area (Å²) in [6.45, 7) is 2.03. The van der Waals surface area contributed by atoms with E-state index in [0.717, 1.165) is 11.0 Å². The second kappa shape index (κ2) is 5.11. The van der Waals surface area contributed by atoms with E-state index in [2.05, 4.69) is 10.2 Å². The Morgan fingerprint density at radius 3 is 2.79 bits per heavy atom. The second-order valence-electron chi connectivity index (χ2n) is 2.85. The third kappa shape index (κ3) is 2.81. The van der Waals surface area contributed by atoms with Crippen LogP contribution in [0.2, 0.25) is 0 Å². The molecule has 0 spiro atoms. The Labute approximate surface area is 86.8 Å². The first-order chi connectivity index (χ1) is 6.65. The van der Waals surface area contributed by atoms with Crippen molar-refractivity contribution in [3.05, 3.63) is 5.82 Å². The Balaban J connectivity index is 2.46. The van der Waals surface area contributed by atoms with E-state index in [1.807, 2.05) is 18.5 Å². The van der Waals surface area contributed by atoms with Gasteiger partial charge >= 0.3 is 0 Å². The van der Waals surface area contributed by atoms with Crippen LogP contribution in [0.25, 0.3) is 0 Å². The third-order valence-electron chi connectivity index (χ3n) is 1.72. The molecule has 0 aromatic carbocycles. The van der Waals surface area contributed by atoms with Gasteiger partial charge in [0.15, 0.2) is 10.9 Å². The van der Waals surface area contributed by atoms with Crippen molar-refractivity contribution in [2.24, 2.45) is 7.05 Å². The molecular weight excluding hydrogens is 202 g/mol. The number of hydrogen-bond acceptors (Lipinski definition) is 5. The van der Waals surface area contributed by atoms with Gasteiger partial charge in [-0.1, -0.05) is 11.8 Å². The fourth-order valence-electron chi connectivity index (χ4n) is 0.861. The normalized spacial score (nSPS) is 10.5. The van der Waals surface area contributed by atoms with Crippen LogP contribution in [-0.4, -0.2) is 40.0 Å². The predicted molar refractivity (Wildman–Crippen MR) is 53.3 cm³/mol. The number of carbonyl (C=O) groups is 1. The first kappa shape index (κ1) is 11.2. The van der Waals surface area contributed by atoms with Crippen LogP contribution < -0.4 is 0 Å². The number of Topliss-reactive ketones (excluding diaryl/α,β-unsaturated/α-hetero) is 1. The predicted octanol–water partition coefficient (Wildman–Crippen LogP) is 0.431. The highest BCUT2D eigenvalue weighted by Crippen LogP contribution is 2.14. The minimum Gasteiger partial charge on any atom is -0.377 e. The highest BCUT2D eigenvalue weighted by Gasteiger charge is 2.08. The summed E-state index contributed by atoms with van der Waals surface area (Å²) in [5.41, 5.74) is 0. The maximum Gasteiger partial charge on any atom is 0.191 e. The number of rotatable bonds is 5. The average Bonchev–Trinajstić information content (AvgIpc) is 2.46. The molecule has 1 aromatic rings. The quantitative estimate of drug-likeness (QED) is 0.667. The van der Waals surface area contributed by atoms with Crippen molar-refractivity contribution in [1.29, 1.82) is 0 Å². The highest BCUT2D eigenvalue weighted by atomic mass is 32.2. The molecule has 0 saturated carbocycles. The summed E-state index contributed by atoms with van der Waals surface area (Å²) >= 11 is 1.38. The molecule has 1 aromatic heterocycles. The van der Waals surface area contributed by atoms with E-state index in [0.29, 0.717) is 5.75 Å². The Morgan fingerprint density at radius 1 is 1.57 bits per heavy atom. The van der Waals surface area contributed by atoms with Gasteiger partial charge in [0.1, 0.15) is 12.4 Å². The van der Waals surface area contributed by atoms with E-state index in [1.165, 1.54) is 18.9 Å². The molecule has 0 radical (unpaired) electrons. The zero-order valence-corrected chi connectivity index (χ0v) is 9.30. The van der Waals surface area contributed by atoms with E-state index in [-0.39, 0.29) is 12.4 Å². The molecular formula is C8H13N3O2S. The van der Waals surface area contributed by atoms with Gasteiger partial charge in [-0.3, -0.25) is 4.79 Å². The molecule has 0 saturated heterocycles. The van der Waals surface area contributed by atoms with Gasteiger partial charge in [-0.05, 0) is 6.92 Å². The van der Waals surface area contributed by atoms with E-state index < -0.39 is 0 Å². The Morgan fingerprint density at radius 2 is 2.29 bits per heavy atom. The summed E-state index contributed by atoms with van der Waals surface area (Å²) in [5.74, 6) is 1.27. The first-order valence-corrected chi connectivity index (χ1v) is 5.13. The number of carbonyl (C=O) groups excluding carboxylic acids is 1. The lowest BCUT2D eigenvalue weighted by atomic mass is 10.5. The van der Waals surface area contributed by atoms with Crippen LogP contribution in [0.15, 0.2) is 5.16 Å². The SMILES string of the molecule is COCC(=O)CSc1nnc(C)n1C. The summed E-state index contributed by atoms with van der Waals surface area (Å²) < 4.78 is 6.57. The Hall–Kier alpha value is -0.880. The lowest BCUT2D eigenvalue weighted by Gasteiger charge is -2.00. The minimum atomic E-state index is 0.0538. The number of aryl methyl sites for hydroxylation is 1. The molecule has 14 heavy (non-hydrogen) atoms. The molecule has 78 valence electrons. The second-order valence-corrected chi connectivity index (χ2v) is 3.79. The van der Waals surface area contributed by atoms with Gasteiger partial charge < -0.3 is 9.30 Å². The molecule has 0 aliphatic heterocycles. The van der Waals surface area contributed by atoms with Gasteiger partial charge in [0.05, 0.1) is 5.75 Å². The number of thioether (sulfide) groups is 1. The topological polar surface area (TPSA) is 57.0 Å². The van der Waals surface area contributed by atoms with Crippen molar-refractivity contribution in [2.75, 3.05) is 19.5 Å². The van der Waals surface area contributed by atoms with Crippen molar-refractivity contribution in [2.45, 2.75) is 12.1 Å². The Kier molecular flexibility index (Phi) is 4.09. The molecule has 0 aliphatic rings. The number of ketones is 1. The van der Waals surface area contributed by atoms with Crippen molar-refractivity contribution < 1.29 is 9.53 Å². The molecule has 0 N–H and O–H groups in total. The van der Waals surface area contributed by atoms with Crippen LogP contribution in [0.3, 0.4) is 0 Å². The van der Waals surface area contributed by atoms with Crippen LogP contribution >= 0.6 is 11.8 Å². The van der Waals surface area contributed by atoms with Gasteiger partial charge in [-0.25, -0.2) is 0 Å². The smallest absolute Gasteiger partial charge is 0.191 e. The van der Waals surface area contributed by atoms with Gasteiger partial charge in [-0.15, -0.1) is 10.2 Å². The molecule has 0 unspecified atom stereocenters. The molecule has 0 fully saturated rings. The van der Waals surface area contributed by atoms with Crippen molar-refractivity contribution in [3.63, 3.8) is 0 Å². The van der Waals surface area contributed by atoms with Crippen molar-refractivity contribution in [1.82, 2.24) is 14.8 Å². The minimum absolute atomic E-state index is 0.0538. The molecule has 0 aliphatic carbocycles. The number of nitrogens with zero attached hydrogens (tertiary/aromatic N) is 3. The standard InChI is InChI=1S/C8H13N3O2S/c1-6-9-10-8(11(6)2)14-5-7(12)4-13-3/h4-5H2,1-3H3. The number of ether oxygens (including phenoxy) is 1. The van der Waals surface area contributed by atoms with E-state index in [4.69, 9.17) is 4.74 Å². The van der Waals surface area contributed by atoms with Crippen molar-refractivity contribution in [3.8, 4) is 0 Å². The monoisotopic (exact) mass is 215 g/mol. The number of methoxy groups -OCH3 is 1. The lowest BCUT2D eigenvalue weighted by Crippen LogP contribution is -2.09. The molecule has 0 atom stereocenters. The summed E-state index contributed by atoms with van der Waals surface area (Å²) in [7, 11) is 3.38. The van der Waals surface area contributed by atoms with Gasteiger partial charge in [0.2, 0.25) is 0 Å². The molecule has 0 bridgehead atoms. The van der Waals surface area contributed by atoms with Crippen LogP contribution in [-0.2, 0) is 16.6 Å². The first-order valence-electron chi connectivity index (χ1n) is 4.14. The molecule has 1 heterocycles. The zero-order valence-electron chi connectivity index (χ0n) is 8.48. The molecule has 0 amide bonds. The summed E-state index contributed by atoms with van der Waals surface area (Å²) in [5, 5.41) is 8.58. The van der Waals surface area contributed by atoms with Crippen LogP contribution in [0, 0.1) is 6.92 Å². The van der Waals surface area contributed by atoms with Gasteiger partial charge in [-0.2, -0.15) is 0 Å². The lowest BCUT2D eigenvalue weighted by molar-refractivity contribution is -0.120. The maximum atomic E-state index is 11.1. The largest absolute Gasteiger partial charge is 0.377 e. The Bertz CT molecular complexity index is 324. The average molecular weight is 215 g/mol. The fraction of sp³-hybridized carbons (Fsp3) is 0.625. The number of hydrogen-bond donors (Lipinski definition) is 0. The maximum absolute atomic E-state index is 11.1. The zero-order chi connectivity index (χ0) is 10.6. The van der Waals surface area contributed by atoms with Crippen molar-refractivity contribution >= 4 is 17.5 Å². The summed E-state index contributed by atoms with van der Waals surface area (Å²) in [6, 6.07) is 0. The van der Waals surface area contributed by atoms with Crippen LogP contribution in [0.5, 0.6) is 0 Å². The van der Waals surface area contributed by atoms with Crippen LogP contribution in [0.1, 0.15) is 5.82 Å². The van der Waals surface area contributed by atoms with Crippen LogP contribution in [0.4, 0.5) is 0 Å². The number of aromatic nitrogens is 3. The molecule has 5 nitrogen and oxygen atoms in total. The summed E-state index contributed by atoms with van der Waals surface area (Å²) in [4.78, 5) is 11.1. The van der Waals surface area contributed by atoms with E-state index in [9.17, 15) is 4.79 Å². The third-order valence-corrected chi connectivity index (χ3v) is 2.80. The van der Waals surface area contributed by atoms with Gasteiger partial charge in [0, 0.05) is 14.2 Å². The highest BCUT2D eigenvalue weighted by molar-refractivity contribution is 7.99. The summed E-state index contributed by atoms with van der Waals surface area (Å²) in [6.07, 6.45) is 0. The van der Waals surface area contributed by atoms with Gasteiger partial charge in [0.25, 0.3) is 0 Å². The van der Waals surface area contributed by atoms with E-state index in [1.54, 1.807) is 0 Å². The molecule has 1 rings (SSSR count). The molecule has 6 heteroatoms. The fourth-order valence-corrected chi connectivity index (χ4v) is 1.66.